The van der Waals surface area contributed by atoms with E-state index in [2.05, 4.69) is 10.3 Å². The first kappa shape index (κ1) is 11.9. The van der Waals surface area contributed by atoms with Gasteiger partial charge in [0.2, 0.25) is 0 Å². The molecule has 1 heterocycles. The summed E-state index contributed by atoms with van der Waals surface area (Å²) in [4.78, 5) is 3.93. The fraction of sp³-hybridized carbons (Fsp3) is 0.154. The third-order valence-electron chi connectivity index (χ3n) is 2.36. The third-order valence-corrected chi connectivity index (χ3v) is 2.61. The summed E-state index contributed by atoms with van der Waals surface area (Å²) in [5.74, 6) is 0. The number of aliphatic hydroxyl groups excluding tert-OH is 1. The zero-order chi connectivity index (χ0) is 12.1. The average Bonchev–Trinajstić information content (AvgIpc) is 2.33. The Balaban J connectivity index is 1.93. The maximum atomic E-state index is 9.86. The molecule has 1 atom stereocenters. The van der Waals surface area contributed by atoms with Crippen LogP contribution < -0.4 is 5.32 Å². The van der Waals surface area contributed by atoms with E-state index in [4.69, 9.17) is 11.6 Å². The zero-order valence-electron chi connectivity index (χ0n) is 9.18. The second-order valence-corrected chi connectivity index (χ2v) is 4.16. The molecule has 0 fully saturated rings. The number of aromatic nitrogens is 1. The van der Waals surface area contributed by atoms with Crippen molar-refractivity contribution in [2.24, 2.45) is 0 Å². The Morgan fingerprint density at radius 2 is 1.76 bits per heavy atom. The molecule has 0 radical (unpaired) electrons. The largest absolute Gasteiger partial charge is 0.373 e. The molecule has 2 N–H and O–H groups in total. The van der Waals surface area contributed by atoms with E-state index in [9.17, 15) is 5.11 Å². The van der Waals surface area contributed by atoms with E-state index in [0.717, 1.165) is 11.3 Å². The Labute approximate surface area is 105 Å². The molecule has 0 saturated heterocycles. The molecular formula is C13H13ClN2O. The highest BCUT2D eigenvalue weighted by Crippen LogP contribution is 2.14. The standard InChI is InChI=1S/C13H13ClN2O/c14-11-1-3-12(4-2-11)16-13(17)9-10-5-7-15-8-6-10/h1-8,13,16-17H,9H2. The number of benzene rings is 1. The highest BCUT2D eigenvalue weighted by Gasteiger charge is 2.04. The van der Waals surface area contributed by atoms with Crippen LogP contribution in [0.5, 0.6) is 0 Å². The Morgan fingerprint density at radius 3 is 2.41 bits per heavy atom. The summed E-state index contributed by atoms with van der Waals surface area (Å²) in [6.07, 6.45) is 3.33. The molecule has 0 aliphatic carbocycles. The number of hydrogen-bond donors (Lipinski definition) is 2. The lowest BCUT2D eigenvalue weighted by Crippen LogP contribution is -2.21. The molecule has 0 aliphatic heterocycles. The summed E-state index contributed by atoms with van der Waals surface area (Å²) in [6.45, 7) is 0. The van der Waals surface area contributed by atoms with Gasteiger partial charge in [-0.2, -0.15) is 0 Å². The number of hydrogen-bond acceptors (Lipinski definition) is 3. The van der Waals surface area contributed by atoms with Crippen LogP contribution in [0.25, 0.3) is 0 Å². The van der Waals surface area contributed by atoms with Gasteiger partial charge in [-0.05, 0) is 42.0 Å². The van der Waals surface area contributed by atoms with Gasteiger partial charge in [-0.3, -0.25) is 4.98 Å². The van der Waals surface area contributed by atoms with Crippen molar-refractivity contribution in [3.8, 4) is 0 Å². The van der Waals surface area contributed by atoms with Crippen LogP contribution in [0, 0.1) is 0 Å². The number of pyridine rings is 1. The molecule has 0 aliphatic rings. The van der Waals surface area contributed by atoms with Gasteiger partial charge < -0.3 is 10.4 Å². The fourth-order valence-corrected chi connectivity index (χ4v) is 1.66. The molecular weight excluding hydrogens is 236 g/mol. The van der Waals surface area contributed by atoms with Crippen molar-refractivity contribution in [1.29, 1.82) is 0 Å². The third kappa shape index (κ3) is 3.73. The van der Waals surface area contributed by atoms with E-state index in [1.807, 2.05) is 24.3 Å². The normalized spacial score (nSPS) is 12.1. The van der Waals surface area contributed by atoms with Crippen molar-refractivity contribution < 1.29 is 5.11 Å². The molecule has 3 nitrogen and oxygen atoms in total. The Kier molecular flexibility index (Phi) is 3.96. The van der Waals surface area contributed by atoms with Crippen LogP contribution in [-0.4, -0.2) is 16.3 Å². The second kappa shape index (κ2) is 5.66. The molecule has 88 valence electrons. The minimum atomic E-state index is -0.626. The molecule has 1 aromatic heterocycles. The van der Waals surface area contributed by atoms with E-state index in [1.54, 1.807) is 24.5 Å². The van der Waals surface area contributed by atoms with E-state index in [1.165, 1.54) is 0 Å². The molecule has 4 heteroatoms. The lowest BCUT2D eigenvalue weighted by Gasteiger charge is -2.14. The summed E-state index contributed by atoms with van der Waals surface area (Å²) < 4.78 is 0. The molecule has 1 aromatic carbocycles. The van der Waals surface area contributed by atoms with Gasteiger partial charge in [-0.1, -0.05) is 11.6 Å². The monoisotopic (exact) mass is 248 g/mol. The van der Waals surface area contributed by atoms with E-state index >= 15 is 0 Å². The summed E-state index contributed by atoms with van der Waals surface area (Å²) >= 11 is 5.78. The quantitative estimate of drug-likeness (QED) is 0.818. The highest BCUT2D eigenvalue weighted by atomic mass is 35.5. The van der Waals surface area contributed by atoms with Gasteiger partial charge in [0, 0.05) is 29.5 Å². The first-order valence-corrected chi connectivity index (χ1v) is 5.71. The van der Waals surface area contributed by atoms with Crippen molar-refractivity contribution in [3.63, 3.8) is 0 Å². The number of halogens is 1. The van der Waals surface area contributed by atoms with Gasteiger partial charge in [0.1, 0.15) is 6.23 Å². The number of rotatable bonds is 4. The minimum Gasteiger partial charge on any atom is -0.373 e. The van der Waals surface area contributed by atoms with Gasteiger partial charge in [0.05, 0.1) is 0 Å². The molecule has 1 unspecified atom stereocenters. The Hall–Kier alpha value is -1.58. The van der Waals surface area contributed by atoms with E-state index in [0.29, 0.717) is 11.4 Å². The summed E-state index contributed by atoms with van der Waals surface area (Å²) in [7, 11) is 0. The van der Waals surface area contributed by atoms with Gasteiger partial charge in [0.25, 0.3) is 0 Å². The molecule has 17 heavy (non-hydrogen) atoms. The minimum absolute atomic E-state index is 0.533. The van der Waals surface area contributed by atoms with Crippen molar-refractivity contribution in [1.82, 2.24) is 4.98 Å². The van der Waals surface area contributed by atoms with Gasteiger partial charge in [-0.15, -0.1) is 0 Å². The molecule has 0 spiro atoms. The van der Waals surface area contributed by atoms with Crippen molar-refractivity contribution in [2.75, 3.05) is 5.32 Å². The number of anilines is 1. The van der Waals surface area contributed by atoms with Crippen molar-refractivity contribution in [3.05, 3.63) is 59.4 Å². The van der Waals surface area contributed by atoms with Crippen LogP contribution in [0.2, 0.25) is 5.02 Å². The van der Waals surface area contributed by atoms with Crippen LogP contribution in [-0.2, 0) is 6.42 Å². The fourth-order valence-electron chi connectivity index (χ4n) is 1.53. The van der Waals surface area contributed by atoms with Crippen LogP contribution in [0.3, 0.4) is 0 Å². The molecule has 2 rings (SSSR count). The van der Waals surface area contributed by atoms with Gasteiger partial charge in [-0.25, -0.2) is 0 Å². The van der Waals surface area contributed by atoms with E-state index < -0.39 is 6.23 Å². The maximum Gasteiger partial charge on any atom is 0.128 e. The number of nitrogens with zero attached hydrogens (tertiary/aromatic N) is 1. The van der Waals surface area contributed by atoms with Crippen molar-refractivity contribution in [2.45, 2.75) is 12.6 Å². The second-order valence-electron chi connectivity index (χ2n) is 3.73. The topological polar surface area (TPSA) is 45.2 Å². The lowest BCUT2D eigenvalue weighted by atomic mass is 10.2. The molecule has 0 amide bonds. The van der Waals surface area contributed by atoms with Crippen LogP contribution in [0.4, 0.5) is 5.69 Å². The smallest absolute Gasteiger partial charge is 0.128 e. The molecule has 0 bridgehead atoms. The van der Waals surface area contributed by atoms with Gasteiger partial charge >= 0.3 is 0 Å². The van der Waals surface area contributed by atoms with Crippen molar-refractivity contribution >= 4 is 17.3 Å². The first-order chi connectivity index (χ1) is 8.24. The predicted molar refractivity (Wildman–Crippen MR) is 69.0 cm³/mol. The van der Waals surface area contributed by atoms with E-state index in [-0.39, 0.29) is 0 Å². The summed E-state index contributed by atoms with van der Waals surface area (Å²) in [6, 6.07) is 11.0. The number of nitrogens with one attached hydrogen (secondary N) is 1. The van der Waals surface area contributed by atoms with Gasteiger partial charge in [0.15, 0.2) is 0 Å². The average molecular weight is 249 g/mol. The maximum absolute atomic E-state index is 9.86. The predicted octanol–water partition coefficient (Wildman–Crippen LogP) is 2.71. The molecule has 2 aromatic rings. The lowest BCUT2D eigenvalue weighted by molar-refractivity contribution is 0.204. The summed E-state index contributed by atoms with van der Waals surface area (Å²) in [5, 5.41) is 13.5. The first-order valence-electron chi connectivity index (χ1n) is 5.33. The van der Waals surface area contributed by atoms with Crippen LogP contribution in [0.15, 0.2) is 48.8 Å². The van der Waals surface area contributed by atoms with Crippen LogP contribution in [0.1, 0.15) is 5.56 Å². The van der Waals surface area contributed by atoms with Crippen LogP contribution >= 0.6 is 11.6 Å². The zero-order valence-corrected chi connectivity index (χ0v) is 9.93. The SMILES string of the molecule is OC(Cc1ccncc1)Nc1ccc(Cl)cc1. The number of aliphatic hydroxyl groups is 1. The Morgan fingerprint density at radius 1 is 1.12 bits per heavy atom. The highest BCUT2D eigenvalue weighted by molar-refractivity contribution is 6.30. The summed E-state index contributed by atoms with van der Waals surface area (Å²) in [5.41, 5.74) is 1.88. The Bertz CT molecular complexity index is 459. The molecule has 0 saturated carbocycles.